The fourth-order valence-corrected chi connectivity index (χ4v) is 4.03. The second-order valence-electron chi connectivity index (χ2n) is 8.09. The summed E-state index contributed by atoms with van der Waals surface area (Å²) >= 11 is 6.14. The molecule has 1 fully saturated rings. The summed E-state index contributed by atoms with van der Waals surface area (Å²) in [5, 5.41) is 4.82. The van der Waals surface area contributed by atoms with Gasteiger partial charge in [0.05, 0.1) is 0 Å². The van der Waals surface area contributed by atoms with E-state index in [9.17, 15) is 9.18 Å². The minimum absolute atomic E-state index is 0.0882. The van der Waals surface area contributed by atoms with Gasteiger partial charge in [-0.2, -0.15) is 5.10 Å². The zero-order valence-corrected chi connectivity index (χ0v) is 19.0. The van der Waals surface area contributed by atoms with Gasteiger partial charge in [0.15, 0.2) is 12.4 Å². The van der Waals surface area contributed by atoms with E-state index < -0.39 is 0 Å². The van der Waals surface area contributed by atoms with Crippen LogP contribution in [0.2, 0.25) is 5.02 Å². The van der Waals surface area contributed by atoms with Gasteiger partial charge >= 0.3 is 0 Å². The number of hydrogen-bond acceptors (Lipinski definition) is 4. The number of amides is 1. The monoisotopic (exact) mass is 456 g/mol. The van der Waals surface area contributed by atoms with Crippen LogP contribution in [0.1, 0.15) is 27.2 Å². The first-order chi connectivity index (χ1) is 15.4. The first kappa shape index (κ1) is 22.3. The number of hydrogen-bond donors (Lipinski definition) is 0. The fourth-order valence-electron chi connectivity index (χ4n) is 3.81. The lowest BCUT2D eigenvalue weighted by Gasteiger charge is -2.34. The first-order valence-corrected chi connectivity index (χ1v) is 11.0. The molecule has 0 saturated carbocycles. The lowest BCUT2D eigenvalue weighted by atomic mass is 10.1. The van der Waals surface area contributed by atoms with Crippen LogP contribution in [-0.4, -0.2) is 51.7 Å². The molecule has 0 bridgehead atoms. The van der Waals surface area contributed by atoms with Gasteiger partial charge < -0.3 is 9.64 Å². The highest BCUT2D eigenvalue weighted by molar-refractivity contribution is 6.31. The topological polar surface area (TPSA) is 50.6 Å². The van der Waals surface area contributed by atoms with Gasteiger partial charge in [-0.15, -0.1) is 0 Å². The van der Waals surface area contributed by atoms with Crippen molar-refractivity contribution in [3.8, 4) is 5.75 Å². The van der Waals surface area contributed by atoms with E-state index >= 15 is 0 Å². The molecule has 1 amide bonds. The minimum Gasteiger partial charge on any atom is -0.471 e. The highest BCUT2D eigenvalue weighted by atomic mass is 35.5. The zero-order chi connectivity index (χ0) is 22.7. The zero-order valence-electron chi connectivity index (χ0n) is 18.2. The van der Waals surface area contributed by atoms with E-state index in [0.29, 0.717) is 30.4 Å². The van der Waals surface area contributed by atoms with Crippen molar-refractivity contribution in [1.82, 2.24) is 19.6 Å². The van der Waals surface area contributed by atoms with E-state index in [-0.39, 0.29) is 18.5 Å². The molecule has 8 heteroatoms. The molecule has 3 aromatic rings. The van der Waals surface area contributed by atoms with Crippen molar-refractivity contribution in [3.63, 3.8) is 0 Å². The Morgan fingerprint density at radius 1 is 1.09 bits per heavy atom. The number of piperazine rings is 1. The van der Waals surface area contributed by atoms with Crippen LogP contribution in [0.5, 0.6) is 5.75 Å². The van der Waals surface area contributed by atoms with Gasteiger partial charge in [0, 0.05) is 43.9 Å². The fraction of sp³-hybridized carbons (Fsp3) is 0.333. The van der Waals surface area contributed by atoms with Gasteiger partial charge in [0.1, 0.15) is 11.6 Å². The molecule has 2 heterocycles. The molecule has 0 radical (unpaired) electrons. The summed E-state index contributed by atoms with van der Waals surface area (Å²) in [6, 6.07) is 12.2. The maximum Gasteiger partial charge on any atom is 0.274 e. The molecule has 32 heavy (non-hydrogen) atoms. The Labute approximate surface area is 192 Å². The molecule has 168 valence electrons. The van der Waals surface area contributed by atoms with Crippen LogP contribution < -0.4 is 4.74 Å². The number of carbonyl (C=O) groups is 1. The summed E-state index contributed by atoms with van der Waals surface area (Å²) < 4.78 is 20.7. The molecule has 0 unspecified atom stereocenters. The van der Waals surface area contributed by atoms with E-state index in [1.165, 1.54) is 17.7 Å². The number of carbonyl (C=O) groups excluding carboxylic acids is 1. The molecule has 1 aromatic heterocycles. The van der Waals surface area contributed by atoms with Gasteiger partial charge in [-0.3, -0.25) is 9.69 Å². The molecule has 1 aliphatic heterocycles. The van der Waals surface area contributed by atoms with Crippen molar-refractivity contribution in [2.24, 2.45) is 0 Å². The van der Waals surface area contributed by atoms with Gasteiger partial charge in [0.25, 0.3) is 5.91 Å². The maximum atomic E-state index is 13.2. The second kappa shape index (κ2) is 9.71. The molecular weight excluding hydrogens is 431 g/mol. The van der Waals surface area contributed by atoms with Crippen LogP contribution in [-0.2, 0) is 13.3 Å². The van der Waals surface area contributed by atoms with Crippen molar-refractivity contribution in [3.05, 3.63) is 81.9 Å². The standard InChI is InChI=1S/C24H26ClFN4O2/c1-17-3-6-23(18(2)13-17)32-16-30-8-7-22(27-30)24(31)29-11-9-28(10-12-29)15-19-4-5-20(26)14-21(19)25/h3-8,13-14H,9-12,15-16H2,1-2H3. The van der Waals surface area contributed by atoms with Crippen LogP contribution in [0, 0.1) is 19.7 Å². The molecule has 0 N–H and O–H groups in total. The molecule has 1 aliphatic rings. The van der Waals surface area contributed by atoms with E-state index in [0.717, 1.165) is 30.0 Å². The molecular formula is C24H26ClFN4O2. The van der Waals surface area contributed by atoms with Crippen molar-refractivity contribution in [2.45, 2.75) is 27.1 Å². The molecule has 0 spiro atoms. The van der Waals surface area contributed by atoms with E-state index in [4.69, 9.17) is 16.3 Å². The number of aromatic nitrogens is 2. The predicted octanol–water partition coefficient (Wildman–Crippen LogP) is 4.29. The third kappa shape index (κ3) is 5.29. The SMILES string of the molecule is Cc1ccc(OCn2ccc(C(=O)N3CCN(Cc4ccc(F)cc4Cl)CC3)n2)c(C)c1. The Bertz CT molecular complexity index is 1110. The van der Waals surface area contributed by atoms with Crippen molar-refractivity contribution in [2.75, 3.05) is 26.2 Å². The van der Waals surface area contributed by atoms with Crippen LogP contribution in [0.4, 0.5) is 4.39 Å². The first-order valence-electron chi connectivity index (χ1n) is 10.6. The normalized spacial score (nSPS) is 14.6. The van der Waals surface area contributed by atoms with Gasteiger partial charge in [-0.1, -0.05) is 35.4 Å². The van der Waals surface area contributed by atoms with Crippen LogP contribution in [0.25, 0.3) is 0 Å². The summed E-state index contributed by atoms with van der Waals surface area (Å²) in [5.41, 5.74) is 3.54. The van der Waals surface area contributed by atoms with Crippen molar-refractivity contribution in [1.29, 1.82) is 0 Å². The Morgan fingerprint density at radius 2 is 1.88 bits per heavy atom. The smallest absolute Gasteiger partial charge is 0.274 e. The molecule has 0 atom stereocenters. The number of aryl methyl sites for hydroxylation is 2. The molecule has 0 aliphatic carbocycles. The van der Waals surface area contributed by atoms with Crippen LogP contribution in [0.3, 0.4) is 0 Å². The molecule has 6 nitrogen and oxygen atoms in total. The Kier molecular flexibility index (Phi) is 6.77. The summed E-state index contributed by atoms with van der Waals surface area (Å²) in [7, 11) is 0. The number of halogens is 2. The Morgan fingerprint density at radius 3 is 2.59 bits per heavy atom. The van der Waals surface area contributed by atoms with E-state index in [1.807, 2.05) is 26.0 Å². The summed E-state index contributed by atoms with van der Waals surface area (Å²) in [4.78, 5) is 16.9. The second-order valence-corrected chi connectivity index (χ2v) is 8.49. The van der Waals surface area contributed by atoms with Gasteiger partial charge in [-0.25, -0.2) is 9.07 Å². The highest BCUT2D eigenvalue weighted by Crippen LogP contribution is 2.21. The Hall–Kier alpha value is -2.90. The maximum absolute atomic E-state index is 13.2. The van der Waals surface area contributed by atoms with Gasteiger partial charge in [0.2, 0.25) is 0 Å². The van der Waals surface area contributed by atoms with Crippen LogP contribution in [0.15, 0.2) is 48.7 Å². The molecule has 2 aromatic carbocycles. The molecule has 4 rings (SSSR count). The third-order valence-corrected chi connectivity index (χ3v) is 5.96. The third-order valence-electron chi connectivity index (χ3n) is 5.61. The minimum atomic E-state index is -0.340. The number of benzene rings is 2. The largest absolute Gasteiger partial charge is 0.471 e. The Balaban J connectivity index is 1.29. The average molecular weight is 457 g/mol. The lowest BCUT2D eigenvalue weighted by molar-refractivity contribution is 0.0620. The molecule has 1 saturated heterocycles. The van der Waals surface area contributed by atoms with Gasteiger partial charge in [-0.05, 0) is 49.2 Å². The van der Waals surface area contributed by atoms with E-state index in [1.54, 1.807) is 27.9 Å². The number of nitrogens with zero attached hydrogens (tertiary/aromatic N) is 4. The number of rotatable bonds is 6. The highest BCUT2D eigenvalue weighted by Gasteiger charge is 2.24. The van der Waals surface area contributed by atoms with E-state index in [2.05, 4.69) is 16.1 Å². The quantitative estimate of drug-likeness (QED) is 0.555. The van der Waals surface area contributed by atoms with Crippen molar-refractivity contribution >= 4 is 17.5 Å². The summed E-state index contributed by atoms with van der Waals surface area (Å²) in [6.07, 6.45) is 1.75. The van der Waals surface area contributed by atoms with Crippen LogP contribution >= 0.6 is 11.6 Å². The number of ether oxygens (including phenoxy) is 1. The predicted molar refractivity (Wildman–Crippen MR) is 121 cm³/mol. The average Bonchev–Trinajstić information content (AvgIpc) is 3.24. The van der Waals surface area contributed by atoms with Crippen molar-refractivity contribution < 1.29 is 13.9 Å². The lowest BCUT2D eigenvalue weighted by Crippen LogP contribution is -2.48. The summed E-state index contributed by atoms with van der Waals surface area (Å²) in [5.74, 6) is 0.374. The summed E-state index contributed by atoms with van der Waals surface area (Å²) in [6.45, 7) is 7.55.